The Morgan fingerprint density at radius 2 is 2.10 bits per heavy atom. The van der Waals surface area contributed by atoms with Crippen LogP contribution in [-0.4, -0.2) is 20.8 Å². The lowest BCUT2D eigenvalue weighted by molar-refractivity contribution is 0.461. The molecule has 0 amide bonds. The second-order valence-corrected chi connectivity index (χ2v) is 5.50. The SMILES string of the molecule is CCC(C)CC(CC)Nc1ccc(-n2cncn2)c(F)c1. The van der Waals surface area contributed by atoms with E-state index in [0.29, 0.717) is 17.6 Å². The Morgan fingerprint density at radius 1 is 1.29 bits per heavy atom. The highest BCUT2D eigenvalue weighted by Gasteiger charge is 2.12. The van der Waals surface area contributed by atoms with Gasteiger partial charge in [0, 0.05) is 11.7 Å². The van der Waals surface area contributed by atoms with Crippen LogP contribution in [0, 0.1) is 11.7 Å². The third-order valence-corrected chi connectivity index (χ3v) is 3.86. The summed E-state index contributed by atoms with van der Waals surface area (Å²) in [5, 5.41) is 7.37. The molecule has 0 saturated carbocycles. The molecule has 0 bridgehead atoms. The molecule has 0 saturated heterocycles. The first-order valence-electron chi connectivity index (χ1n) is 7.55. The summed E-state index contributed by atoms with van der Waals surface area (Å²) in [6, 6.07) is 5.51. The molecule has 0 aliphatic rings. The van der Waals surface area contributed by atoms with Crippen molar-refractivity contribution < 1.29 is 4.39 Å². The number of anilines is 1. The van der Waals surface area contributed by atoms with Crippen LogP contribution in [0.15, 0.2) is 30.9 Å². The van der Waals surface area contributed by atoms with Gasteiger partial charge in [0.2, 0.25) is 0 Å². The van der Waals surface area contributed by atoms with Crippen LogP contribution < -0.4 is 5.32 Å². The van der Waals surface area contributed by atoms with Crippen LogP contribution >= 0.6 is 0 Å². The number of aromatic nitrogens is 3. The summed E-state index contributed by atoms with van der Waals surface area (Å²) in [5.74, 6) is 0.366. The molecule has 1 N–H and O–H groups in total. The van der Waals surface area contributed by atoms with Crippen LogP contribution in [0.1, 0.15) is 40.0 Å². The van der Waals surface area contributed by atoms with Gasteiger partial charge in [0.15, 0.2) is 5.82 Å². The van der Waals surface area contributed by atoms with E-state index in [2.05, 4.69) is 36.2 Å². The lowest BCUT2D eigenvalue weighted by atomic mass is 9.97. The molecule has 0 fully saturated rings. The molecule has 0 spiro atoms. The average molecular weight is 290 g/mol. The normalized spacial score (nSPS) is 13.9. The predicted octanol–water partition coefficient (Wildman–Crippen LogP) is 4.03. The van der Waals surface area contributed by atoms with Crippen molar-refractivity contribution in [3.63, 3.8) is 0 Å². The molecule has 0 aliphatic carbocycles. The first-order valence-corrected chi connectivity index (χ1v) is 7.55. The van der Waals surface area contributed by atoms with Crippen molar-refractivity contribution in [2.24, 2.45) is 5.92 Å². The number of rotatable bonds is 7. The summed E-state index contributed by atoms with van der Waals surface area (Å²) in [6.07, 6.45) is 6.17. The lowest BCUT2D eigenvalue weighted by Crippen LogP contribution is -2.21. The third-order valence-electron chi connectivity index (χ3n) is 3.86. The van der Waals surface area contributed by atoms with Crippen LogP contribution in [0.3, 0.4) is 0 Å². The fourth-order valence-electron chi connectivity index (χ4n) is 2.33. The number of benzene rings is 1. The summed E-state index contributed by atoms with van der Waals surface area (Å²) < 4.78 is 15.6. The second-order valence-electron chi connectivity index (χ2n) is 5.50. The van der Waals surface area contributed by atoms with Gasteiger partial charge in [-0.15, -0.1) is 0 Å². The van der Waals surface area contributed by atoms with Crippen molar-refractivity contribution in [2.45, 2.75) is 46.1 Å². The van der Waals surface area contributed by atoms with Crippen molar-refractivity contribution in [2.75, 3.05) is 5.32 Å². The molecule has 0 radical (unpaired) electrons. The van der Waals surface area contributed by atoms with Crippen LogP contribution in [0.4, 0.5) is 10.1 Å². The summed E-state index contributed by atoms with van der Waals surface area (Å²) >= 11 is 0. The van der Waals surface area contributed by atoms with E-state index in [-0.39, 0.29) is 5.82 Å². The maximum absolute atomic E-state index is 14.2. The maximum Gasteiger partial charge on any atom is 0.150 e. The minimum atomic E-state index is -0.302. The van der Waals surface area contributed by atoms with Gasteiger partial charge >= 0.3 is 0 Å². The Labute approximate surface area is 125 Å². The monoisotopic (exact) mass is 290 g/mol. The minimum Gasteiger partial charge on any atom is -0.382 e. The highest BCUT2D eigenvalue weighted by Crippen LogP contribution is 2.21. The van der Waals surface area contributed by atoms with Gasteiger partial charge in [0.1, 0.15) is 18.3 Å². The van der Waals surface area contributed by atoms with Crippen molar-refractivity contribution in [1.82, 2.24) is 14.8 Å². The average Bonchev–Trinajstić information content (AvgIpc) is 3.00. The maximum atomic E-state index is 14.2. The molecule has 114 valence electrons. The van der Waals surface area contributed by atoms with E-state index in [0.717, 1.165) is 24.9 Å². The summed E-state index contributed by atoms with van der Waals surface area (Å²) in [4.78, 5) is 3.84. The van der Waals surface area contributed by atoms with E-state index in [4.69, 9.17) is 0 Å². The van der Waals surface area contributed by atoms with Crippen LogP contribution in [0.5, 0.6) is 0 Å². The standard InChI is InChI=1S/C16H23FN4/c1-4-12(3)8-13(5-2)20-14-6-7-16(15(17)9-14)21-11-18-10-19-21/h6-7,9-13,20H,4-5,8H2,1-3H3. The molecule has 21 heavy (non-hydrogen) atoms. The Hall–Kier alpha value is -1.91. The Bertz CT molecular complexity index is 553. The molecule has 1 heterocycles. The third kappa shape index (κ3) is 4.03. The molecule has 4 nitrogen and oxygen atoms in total. The molecule has 2 aromatic rings. The Balaban J connectivity index is 2.09. The Kier molecular flexibility index (Phi) is 5.31. The van der Waals surface area contributed by atoms with Crippen molar-refractivity contribution in [3.05, 3.63) is 36.7 Å². The van der Waals surface area contributed by atoms with E-state index < -0.39 is 0 Å². The Morgan fingerprint density at radius 3 is 2.67 bits per heavy atom. The molecule has 2 atom stereocenters. The van der Waals surface area contributed by atoms with Gasteiger partial charge in [0.05, 0.1) is 0 Å². The van der Waals surface area contributed by atoms with E-state index in [1.54, 1.807) is 6.07 Å². The van der Waals surface area contributed by atoms with Gasteiger partial charge < -0.3 is 5.32 Å². The topological polar surface area (TPSA) is 42.7 Å². The second kappa shape index (κ2) is 7.20. The molecule has 0 aliphatic heterocycles. The van der Waals surface area contributed by atoms with Crippen molar-refractivity contribution in [1.29, 1.82) is 0 Å². The molecule has 2 rings (SSSR count). The largest absolute Gasteiger partial charge is 0.382 e. The molecule has 2 unspecified atom stereocenters. The van der Waals surface area contributed by atoms with Crippen molar-refractivity contribution in [3.8, 4) is 5.69 Å². The zero-order valence-corrected chi connectivity index (χ0v) is 12.9. The van der Waals surface area contributed by atoms with Gasteiger partial charge in [0.25, 0.3) is 0 Å². The fourth-order valence-corrected chi connectivity index (χ4v) is 2.33. The predicted molar refractivity (Wildman–Crippen MR) is 83.1 cm³/mol. The van der Waals surface area contributed by atoms with Gasteiger partial charge in [-0.25, -0.2) is 14.1 Å². The van der Waals surface area contributed by atoms with E-state index in [9.17, 15) is 4.39 Å². The van der Waals surface area contributed by atoms with Crippen LogP contribution in [-0.2, 0) is 0 Å². The smallest absolute Gasteiger partial charge is 0.150 e. The molecular formula is C16H23FN4. The highest BCUT2D eigenvalue weighted by atomic mass is 19.1. The summed E-state index contributed by atoms with van der Waals surface area (Å²) in [7, 11) is 0. The summed E-state index contributed by atoms with van der Waals surface area (Å²) in [5.41, 5.74) is 1.22. The van der Waals surface area contributed by atoms with E-state index >= 15 is 0 Å². The molecule has 1 aromatic heterocycles. The number of hydrogen-bond donors (Lipinski definition) is 1. The number of nitrogens with zero attached hydrogens (tertiary/aromatic N) is 3. The van der Waals surface area contributed by atoms with Gasteiger partial charge in [-0.05, 0) is 37.0 Å². The zero-order chi connectivity index (χ0) is 15.2. The highest BCUT2D eigenvalue weighted by molar-refractivity contribution is 5.50. The zero-order valence-electron chi connectivity index (χ0n) is 12.9. The van der Waals surface area contributed by atoms with Gasteiger partial charge in [-0.3, -0.25) is 0 Å². The van der Waals surface area contributed by atoms with Gasteiger partial charge in [-0.2, -0.15) is 5.10 Å². The number of nitrogens with one attached hydrogen (secondary N) is 1. The van der Waals surface area contributed by atoms with Gasteiger partial charge in [-0.1, -0.05) is 27.2 Å². The van der Waals surface area contributed by atoms with Crippen molar-refractivity contribution >= 4 is 5.69 Å². The van der Waals surface area contributed by atoms with Crippen LogP contribution in [0.2, 0.25) is 0 Å². The number of hydrogen-bond acceptors (Lipinski definition) is 3. The molecule has 5 heteroatoms. The first kappa shape index (κ1) is 15.5. The molecule has 1 aromatic carbocycles. The van der Waals surface area contributed by atoms with E-state index in [1.165, 1.54) is 23.4 Å². The number of halogens is 1. The van der Waals surface area contributed by atoms with E-state index in [1.807, 2.05) is 6.07 Å². The lowest BCUT2D eigenvalue weighted by Gasteiger charge is -2.21. The van der Waals surface area contributed by atoms with Crippen LogP contribution in [0.25, 0.3) is 5.69 Å². The first-order chi connectivity index (χ1) is 10.1. The summed E-state index contributed by atoms with van der Waals surface area (Å²) in [6.45, 7) is 6.60. The minimum absolute atomic E-state index is 0.302. The quantitative estimate of drug-likeness (QED) is 0.837. The fraction of sp³-hybridized carbons (Fsp3) is 0.500. The molecular weight excluding hydrogens is 267 g/mol.